The fourth-order valence-electron chi connectivity index (χ4n) is 2.06. The number of hydrogen-bond acceptors (Lipinski definition) is 4. The van der Waals surface area contributed by atoms with Crippen molar-refractivity contribution in [2.24, 2.45) is 10.8 Å². The fourth-order valence-corrected chi connectivity index (χ4v) is 2.06. The highest BCUT2D eigenvalue weighted by atomic mass is 16.5. The molecule has 0 fully saturated rings. The Balaban J connectivity index is 1.68. The maximum absolute atomic E-state index is 10.5. The van der Waals surface area contributed by atoms with Gasteiger partial charge in [-0.1, -0.05) is 6.07 Å². The third-order valence-corrected chi connectivity index (χ3v) is 3.57. The minimum absolute atomic E-state index is 0.571. The van der Waals surface area contributed by atoms with Crippen molar-refractivity contribution in [3.8, 4) is 11.5 Å². The molecule has 2 aromatic carbocycles. The molecular formula is C19H23N3O3. The number of hydrogen-bond donors (Lipinski definition) is 2. The van der Waals surface area contributed by atoms with Crippen LogP contribution < -0.4 is 20.6 Å². The van der Waals surface area contributed by atoms with Crippen molar-refractivity contribution in [3.05, 3.63) is 59.2 Å². The second kappa shape index (κ2) is 9.32. The molecule has 0 bridgehead atoms. The Bertz CT molecular complexity index is 727. The van der Waals surface area contributed by atoms with E-state index in [1.54, 1.807) is 0 Å². The molecule has 25 heavy (non-hydrogen) atoms. The zero-order valence-electron chi connectivity index (χ0n) is 14.5. The van der Waals surface area contributed by atoms with Gasteiger partial charge in [0.15, 0.2) is 0 Å². The third kappa shape index (κ3) is 6.55. The highest BCUT2D eigenvalue weighted by Gasteiger charge is 1.98. The Morgan fingerprint density at radius 1 is 1.04 bits per heavy atom. The SMILES string of the molecule is Cc1ccc(OCCCOc2ccc(/C=N/NC(N)=O)cc2)cc1C. The molecule has 6 heteroatoms. The zero-order valence-corrected chi connectivity index (χ0v) is 14.5. The normalized spacial score (nSPS) is 10.6. The lowest BCUT2D eigenvalue weighted by molar-refractivity contribution is 0.247. The van der Waals surface area contributed by atoms with Crippen molar-refractivity contribution in [3.63, 3.8) is 0 Å². The highest BCUT2D eigenvalue weighted by Crippen LogP contribution is 2.16. The van der Waals surface area contributed by atoms with E-state index < -0.39 is 6.03 Å². The number of nitrogens with zero attached hydrogens (tertiary/aromatic N) is 1. The molecular weight excluding hydrogens is 318 g/mol. The Hall–Kier alpha value is -3.02. The third-order valence-electron chi connectivity index (χ3n) is 3.57. The van der Waals surface area contributed by atoms with Crippen LogP contribution in [0.2, 0.25) is 0 Å². The fraction of sp³-hybridized carbons (Fsp3) is 0.263. The molecule has 0 radical (unpaired) electrons. The Morgan fingerprint density at radius 2 is 1.68 bits per heavy atom. The van der Waals surface area contributed by atoms with E-state index in [1.807, 2.05) is 36.4 Å². The van der Waals surface area contributed by atoms with Crippen molar-refractivity contribution in [1.29, 1.82) is 0 Å². The van der Waals surface area contributed by atoms with Gasteiger partial charge in [-0.05, 0) is 66.9 Å². The van der Waals surface area contributed by atoms with Crippen molar-refractivity contribution < 1.29 is 14.3 Å². The molecule has 0 aliphatic carbocycles. The molecule has 0 saturated heterocycles. The summed E-state index contributed by atoms with van der Waals surface area (Å²) in [6, 6.07) is 12.8. The van der Waals surface area contributed by atoms with E-state index in [4.69, 9.17) is 15.2 Å². The minimum atomic E-state index is -0.695. The Labute approximate surface area is 147 Å². The summed E-state index contributed by atoms with van der Waals surface area (Å²) < 4.78 is 11.4. The van der Waals surface area contributed by atoms with E-state index in [0.717, 1.165) is 23.5 Å². The molecule has 2 rings (SSSR count). The monoisotopic (exact) mass is 341 g/mol. The summed E-state index contributed by atoms with van der Waals surface area (Å²) in [6.07, 6.45) is 2.30. The van der Waals surface area contributed by atoms with Crippen LogP contribution in [0.1, 0.15) is 23.1 Å². The van der Waals surface area contributed by atoms with Gasteiger partial charge in [0.25, 0.3) is 0 Å². The molecule has 3 N–H and O–H groups in total. The van der Waals surface area contributed by atoms with Crippen LogP contribution in [0.25, 0.3) is 0 Å². The number of rotatable bonds is 8. The molecule has 0 unspecified atom stereocenters. The van der Waals surface area contributed by atoms with Gasteiger partial charge < -0.3 is 15.2 Å². The summed E-state index contributed by atoms with van der Waals surface area (Å²) >= 11 is 0. The lowest BCUT2D eigenvalue weighted by atomic mass is 10.1. The van der Waals surface area contributed by atoms with Crippen LogP contribution in [0.3, 0.4) is 0 Å². The first-order chi connectivity index (χ1) is 12.0. The molecule has 2 amide bonds. The van der Waals surface area contributed by atoms with Gasteiger partial charge in [-0.2, -0.15) is 5.10 Å². The first-order valence-corrected chi connectivity index (χ1v) is 8.06. The molecule has 0 aliphatic heterocycles. The van der Waals surface area contributed by atoms with Gasteiger partial charge in [-0.3, -0.25) is 0 Å². The minimum Gasteiger partial charge on any atom is -0.493 e. The first-order valence-electron chi connectivity index (χ1n) is 8.06. The molecule has 0 saturated carbocycles. The summed E-state index contributed by atoms with van der Waals surface area (Å²) in [5.74, 6) is 1.66. The molecule has 0 spiro atoms. The van der Waals surface area contributed by atoms with Gasteiger partial charge in [-0.15, -0.1) is 0 Å². The van der Waals surface area contributed by atoms with Gasteiger partial charge in [0.1, 0.15) is 11.5 Å². The van der Waals surface area contributed by atoms with Crippen LogP contribution >= 0.6 is 0 Å². The standard InChI is InChI=1S/C19H23N3O3/c1-14-4-7-18(12-15(14)2)25-11-3-10-24-17-8-5-16(6-9-17)13-21-22-19(20)23/h4-9,12-13H,3,10-11H2,1-2H3,(H3,20,22,23)/b21-13+. The Morgan fingerprint density at radius 3 is 2.32 bits per heavy atom. The van der Waals surface area contributed by atoms with Crippen LogP contribution in [0.15, 0.2) is 47.6 Å². The van der Waals surface area contributed by atoms with Crippen LogP contribution in [0.4, 0.5) is 4.79 Å². The number of nitrogens with two attached hydrogens (primary N) is 1. The van der Waals surface area contributed by atoms with E-state index >= 15 is 0 Å². The zero-order chi connectivity index (χ0) is 18.1. The van der Waals surface area contributed by atoms with E-state index in [-0.39, 0.29) is 0 Å². The molecule has 0 aliphatic rings. The summed E-state index contributed by atoms with van der Waals surface area (Å²) in [5, 5.41) is 3.69. The first kappa shape index (κ1) is 18.3. The second-order valence-electron chi connectivity index (χ2n) is 5.60. The molecule has 0 heterocycles. The molecule has 132 valence electrons. The smallest absolute Gasteiger partial charge is 0.332 e. The van der Waals surface area contributed by atoms with Gasteiger partial charge in [0.05, 0.1) is 19.4 Å². The number of nitrogens with one attached hydrogen (secondary N) is 1. The number of amides is 2. The van der Waals surface area contributed by atoms with E-state index in [0.29, 0.717) is 13.2 Å². The molecule has 0 atom stereocenters. The summed E-state index contributed by atoms with van der Waals surface area (Å²) in [6.45, 7) is 5.33. The predicted molar refractivity (Wildman–Crippen MR) is 98.3 cm³/mol. The number of urea groups is 1. The van der Waals surface area contributed by atoms with Crippen LogP contribution in [0, 0.1) is 13.8 Å². The number of carbonyl (C=O) groups excluding carboxylic acids is 1. The van der Waals surface area contributed by atoms with E-state index in [1.165, 1.54) is 17.3 Å². The van der Waals surface area contributed by atoms with Crippen molar-refractivity contribution >= 4 is 12.2 Å². The van der Waals surface area contributed by atoms with E-state index in [2.05, 4.69) is 30.4 Å². The number of carbonyl (C=O) groups is 1. The largest absolute Gasteiger partial charge is 0.493 e. The highest BCUT2D eigenvalue weighted by molar-refractivity contribution is 5.81. The number of primary amides is 1. The van der Waals surface area contributed by atoms with Crippen LogP contribution in [-0.4, -0.2) is 25.5 Å². The second-order valence-corrected chi connectivity index (χ2v) is 5.60. The van der Waals surface area contributed by atoms with Gasteiger partial charge >= 0.3 is 6.03 Å². The van der Waals surface area contributed by atoms with Crippen LogP contribution in [-0.2, 0) is 0 Å². The molecule has 2 aromatic rings. The lowest BCUT2D eigenvalue weighted by Crippen LogP contribution is -2.24. The number of benzene rings is 2. The van der Waals surface area contributed by atoms with E-state index in [9.17, 15) is 4.79 Å². The lowest BCUT2D eigenvalue weighted by Gasteiger charge is -2.09. The molecule has 6 nitrogen and oxygen atoms in total. The maximum atomic E-state index is 10.5. The van der Waals surface area contributed by atoms with Gasteiger partial charge in [0.2, 0.25) is 0 Å². The van der Waals surface area contributed by atoms with Gasteiger partial charge in [0, 0.05) is 6.42 Å². The van der Waals surface area contributed by atoms with Crippen molar-refractivity contribution in [1.82, 2.24) is 5.43 Å². The quantitative estimate of drug-likeness (QED) is 0.439. The maximum Gasteiger partial charge on any atom is 0.332 e. The topological polar surface area (TPSA) is 85.9 Å². The predicted octanol–water partition coefficient (Wildman–Crippen LogP) is 3.15. The van der Waals surface area contributed by atoms with Crippen molar-refractivity contribution in [2.75, 3.05) is 13.2 Å². The Kier molecular flexibility index (Phi) is 6.83. The molecule has 0 aromatic heterocycles. The summed E-state index contributed by atoms with van der Waals surface area (Å²) in [5.41, 5.74) is 10.4. The van der Waals surface area contributed by atoms with Gasteiger partial charge in [-0.25, -0.2) is 10.2 Å². The number of ether oxygens (including phenoxy) is 2. The van der Waals surface area contributed by atoms with Crippen molar-refractivity contribution in [2.45, 2.75) is 20.3 Å². The number of hydrazone groups is 1. The van der Waals surface area contributed by atoms with Crippen LogP contribution in [0.5, 0.6) is 11.5 Å². The summed E-state index contributed by atoms with van der Waals surface area (Å²) in [4.78, 5) is 10.5. The average Bonchev–Trinajstić information content (AvgIpc) is 2.59. The summed E-state index contributed by atoms with van der Waals surface area (Å²) in [7, 11) is 0. The number of aryl methyl sites for hydroxylation is 2. The average molecular weight is 341 g/mol.